The molecule has 6 nitrogen and oxygen atoms in total. The van der Waals surface area contributed by atoms with Crippen molar-refractivity contribution < 1.29 is 55.3 Å². The lowest BCUT2D eigenvalue weighted by Crippen LogP contribution is -2.34. The molecular weight excluding hydrogens is 482 g/mol. The molecule has 174 valence electrons. The van der Waals surface area contributed by atoms with Gasteiger partial charge < -0.3 is 14.6 Å². The number of esters is 2. The molecule has 0 heterocycles. The van der Waals surface area contributed by atoms with Crippen molar-refractivity contribution in [1.82, 2.24) is 0 Å². The summed E-state index contributed by atoms with van der Waals surface area (Å²) < 4.78 is 77.8. The van der Waals surface area contributed by atoms with Crippen molar-refractivity contribution in [2.45, 2.75) is 64.9 Å². The molecule has 0 spiro atoms. The van der Waals surface area contributed by atoms with Gasteiger partial charge in [-0.1, -0.05) is 15.9 Å². The number of rotatable bonds is 7. The van der Waals surface area contributed by atoms with Gasteiger partial charge in [-0.2, -0.15) is 26.3 Å². The SMILES string of the molecule is CC(=O)CC(F)(F)F.CCOC(=O)CBr.CCOC(=O)CC(C)(O)CC(F)(F)F. The molecule has 0 bridgehead atoms. The topological polar surface area (TPSA) is 89.9 Å². The lowest BCUT2D eigenvalue weighted by molar-refractivity contribution is -0.179. The Kier molecular flexibility index (Phi) is 17.2. The maximum Gasteiger partial charge on any atom is 0.395 e. The summed E-state index contributed by atoms with van der Waals surface area (Å²) >= 11 is 2.94. The summed E-state index contributed by atoms with van der Waals surface area (Å²) in [4.78, 5) is 30.7. The average Bonchev–Trinajstić information content (AvgIpc) is 2.42. The smallest absolute Gasteiger partial charge is 0.395 e. The molecule has 1 N–H and O–H groups in total. The van der Waals surface area contributed by atoms with Gasteiger partial charge >= 0.3 is 24.3 Å². The van der Waals surface area contributed by atoms with E-state index < -0.39 is 49.0 Å². The number of ether oxygens (including phenoxy) is 2. The Bertz CT molecular complexity index is 491. The van der Waals surface area contributed by atoms with Gasteiger partial charge in [0.2, 0.25) is 0 Å². The minimum atomic E-state index is -4.49. The standard InChI is InChI=1S/C8H13F3O3.C4H7BrO2.C4H5F3O/c1-3-14-6(12)4-7(2,13)5-8(9,10)11;1-2-7-4(6)3-5;1-3(8)2-4(5,6)7/h13H,3-5H2,1-2H3;2-3H2,1H3;2H2,1H3. The van der Waals surface area contributed by atoms with Crippen molar-refractivity contribution in [3.63, 3.8) is 0 Å². The first kappa shape index (κ1) is 32.3. The van der Waals surface area contributed by atoms with Crippen LogP contribution in [0.3, 0.4) is 0 Å². The van der Waals surface area contributed by atoms with Crippen molar-refractivity contribution in [2.75, 3.05) is 18.5 Å². The van der Waals surface area contributed by atoms with E-state index >= 15 is 0 Å². The molecule has 0 aromatic heterocycles. The Balaban J connectivity index is -0.000000383. The largest absolute Gasteiger partial charge is 0.466 e. The van der Waals surface area contributed by atoms with Gasteiger partial charge in [0.1, 0.15) is 17.5 Å². The fraction of sp³-hybridized carbons (Fsp3) is 0.812. The normalized spacial score (nSPS) is 13.0. The lowest BCUT2D eigenvalue weighted by atomic mass is 9.98. The predicted octanol–water partition coefficient (Wildman–Crippen LogP) is 4.12. The molecule has 0 aliphatic rings. The van der Waals surface area contributed by atoms with Crippen molar-refractivity contribution in [1.29, 1.82) is 0 Å². The van der Waals surface area contributed by atoms with Gasteiger partial charge in [-0.15, -0.1) is 0 Å². The molecular formula is C16H25BrF6O6. The number of alkyl halides is 7. The minimum absolute atomic E-state index is 0.0843. The van der Waals surface area contributed by atoms with E-state index in [4.69, 9.17) is 0 Å². The van der Waals surface area contributed by atoms with E-state index in [-0.39, 0.29) is 12.6 Å². The molecule has 0 saturated carbocycles. The second-order valence-electron chi connectivity index (χ2n) is 5.70. The second-order valence-corrected chi connectivity index (χ2v) is 6.26. The molecule has 1 atom stereocenters. The lowest BCUT2D eigenvalue weighted by Gasteiger charge is -2.23. The van der Waals surface area contributed by atoms with E-state index in [0.717, 1.165) is 13.8 Å². The highest BCUT2D eigenvalue weighted by atomic mass is 79.9. The maximum absolute atomic E-state index is 11.9. The maximum atomic E-state index is 11.9. The predicted molar refractivity (Wildman–Crippen MR) is 94.3 cm³/mol. The number of hydrogen-bond acceptors (Lipinski definition) is 6. The Morgan fingerprint density at radius 2 is 1.28 bits per heavy atom. The monoisotopic (exact) mass is 506 g/mol. The van der Waals surface area contributed by atoms with Crippen LogP contribution in [0.4, 0.5) is 26.3 Å². The first-order valence-electron chi connectivity index (χ1n) is 8.11. The highest BCUT2D eigenvalue weighted by Gasteiger charge is 2.39. The highest BCUT2D eigenvalue weighted by molar-refractivity contribution is 9.09. The molecule has 0 amide bonds. The van der Waals surface area contributed by atoms with Gasteiger partial charge in [-0.25, -0.2) is 0 Å². The number of aliphatic hydroxyl groups is 1. The second kappa shape index (κ2) is 15.5. The summed E-state index contributed by atoms with van der Waals surface area (Å²) in [6, 6.07) is 0. The van der Waals surface area contributed by atoms with Crippen molar-refractivity contribution in [3.05, 3.63) is 0 Å². The van der Waals surface area contributed by atoms with Gasteiger partial charge in [-0.3, -0.25) is 14.4 Å². The van der Waals surface area contributed by atoms with E-state index in [0.29, 0.717) is 11.9 Å². The first-order chi connectivity index (χ1) is 12.9. The summed E-state index contributed by atoms with van der Waals surface area (Å²) in [7, 11) is 0. The van der Waals surface area contributed by atoms with Gasteiger partial charge in [0.15, 0.2) is 0 Å². The number of halogens is 7. The van der Waals surface area contributed by atoms with Crippen LogP contribution in [-0.4, -0.2) is 59.3 Å². The van der Waals surface area contributed by atoms with Crippen LogP contribution in [0.25, 0.3) is 0 Å². The van der Waals surface area contributed by atoms with Gasteiger partial charge in [0.25, 0.3) is 0 Å². The Labute approximate surface area is 173 Å². The molecule has 1 unspecified atom stereocenters. The van der Waals surface area contributed by atoms with Crippen LogP contribution < -0.4 is 0 Å². The van der Waals surface area contributed by atoms with E-state index in [2.05, 4.69) is 25.4 Å². The van der Waals surface area contributed by atoms with Gasteiger partial charge in [0, 0.05) is 0 Å². The van der Waals surface area contributed by atoms with E-state index in [1.807, 2.05) is 0 Å². The van der Waals surface area contributed by atoms with Crippen LogP contribution in [0.1, 0.15) is 47.0 Å². The molecule has 0 aromatic rings. The number of hydrogen-bond donors (Lipinski definition) is 1. The minimum Gasteiger partial charge on any atom is -0.466 e. The van der Waals surface area contributed by atoms with Crippen molar-refractivity contribution in [2.24, 2.45) is 0 Å². The molecule has 0 saturated heterocycles. The molecule has 0 aromatic carbocycles. The molecule has 13 heteroatoms. The molecule has 0 rings (SSSR count). The average molecular weight is 507 g/mol. The third-order valence-electron chi connectivity index (χ3n) is 2.28. The molecule has 0 aliphatic heterocycles. The van der Waals surface area contributed by atoms with Gasteiger partial charge in [-0.05, 0) is 27.7 Å². The van der Waals surface area contributed by atoms with E-state index in [1.54, 1.807) is 6.92 Å². The number of carbonyl (C=O) groups is 3. The molecule has 0 fully saturated rings. The van der Waals surface area contributed by atoms with E-state index in [1.165, 1.54) is 6.92 Å². The third kappa shape index (κ3) is 31.5. The van der Waals surface area contributed by atoms with Crippen LogP contribution in [0.5, 0.6) is 0 Å². The van der Waals surface area contributed by atoms with Crippen LogP contribution in [0.2, 0.25) is 0 Å². The zero-order valence-corrected chi connectivity index (χ0v) is 18.0. The fourth-order valence-electron chi connectivity index (χ4n) is 1.50. The van der Waals surface area contributed by atoms with Crippen LogP contribution in [0, 0.1) is 0 Å². The summed E-state index contributed by atoms with van der Waals surface area (Å²) in [5.41, 5.74) is -2.09. The third-order valence-corrected chi connectivity index (χ3v) is 2.73. The summed E-state index contributed by atoms with van der Waals surface area (Å²) in [6.45, 7) is 5.73. The number of carbonyl (C=O) groups excluding carboxylic acids is 3. The zero-order chi connectivity index (χ0) is 23.9. The van der Waals surface area contributed by atoms with Crippen LogP contribution in [-0.2, 0) is 23.9 Å². The molecule has 0 aliphatic carbocycles. The Morgan fingerprint density at radius 3 is 1.48 bits per heavy atom. The Hall–Kier alpha value is -1.37. The van der Waals surface area contributed by atoms with E-state index in [9.17, 15) is 45.8 Å². The highest BCUT2D eigenvalue weighted by Crippen LogP contribution is 2.29. The summed E-state index contributed by atoms with van der Waals surface area (Å²) in [6.07, 6.45) is -12.2. The fourth-order valence-corrected chi connectivity index (χ4v) is 1.66. The van der Waals surface area contributed by atoms with Gasteiger partial charge in [0.05, 0.1) is 31.7 Å². The quantitative estimate of drug-likeness (QED) is 0.317. The molecule has 0 radical (unpaired) electrons. The van der Waals surface area contributed by atoms with Crippen molar-refractivity contribution in [3.8, 4) is 0 Å². The van der Waals surface area contributed by atoms with Crippen molar-refractivity contribution >= 4 is 33.7 Å². The number of Topliss-reactive ketones (excluding diaryl/α,β-unsaturated/α-hetero) is 1. The Morgan fingerprint density at radius 1 is 0.862 bits per heavy atom. The summed E-state index contributed by atoms with van der Waals surface area (Å²) in [5.74, 6) is -1.89. The summed E-state index contributed by atoms with van der Waals surface area (Å²) in [5, 5.41) is 9.52. The molecule has 29 heavy (non-hydrogen) atoms. The van der Waals surface area contributed by atoms with Crippen LogP contribution in [0.15, 0.2) is 0 Å². The number of ketones is 1. The zero-order valence-electron chi connectivity index (χ0n) is 16.4. The first-order valence-corrected chi connectivity index (χ1v) is 9.23. The van der Waals surface area contributed by atoms with Crippen LogP contribution >= 0.6 is 15.9 Å².